The zero-order valence-electron chi connectivity index (χ0n) is 11.1. The molecule has 0 saturated heterocycles. The van der Waals surface area contributed by atoms with E-state index in [1.54, 1.807) is 0 Å². The van der Waals surface area contributed by atoms with E-state index < -0.39 is 5.41 Å². The maximum Gasteiger partial charge on any atom is 0.232 e. The molecule has 100 valence electrons. The van der Waals surface area contributed by atoms with Crippen molar-refractivity contribution in [3.05, 3.63) is 24.0 Å². The molecule has 0 radical (unpaired) electrons. The average molecular weight is 259 g/mol. The predicted molar refractivity (Wildman–Crippen MR) is 72.8 cm³/mol. The van der Waals surface area contributed by atoms with Gasteiger partial charge in [0, 0.05) is 12.7 Å². The van der Waals surface area contributed by atoms with Crippen LogP contribution in [0.1, 0.15) is 18.7 Å². The molecule has 1 amide bonds. The van der Waals surface area contributed by atoms with Crippen molar-refractivity contribution in [1.29, 1.82) is 0 Å². The van der Waals surface area contributed by atoms with Crippen molar-refractivity contribution in [3.63, 3.8) is 0 Å². The number of nitrogens with zero attached hydrogens (tertiary/aromatic N) is 2. The van der Waals surface area contributed by atoms with Crippen molar-refractivity contribution >= 4 is 22.6 Å². The number of nitrogens with one attached hydrogen (secondary N) is 1. The van der Waals surface area contributed by atoms with E-state index in [0.29, 0.717) is 0 Å². The highest BCUT2D eigenvalue weighted by molar-refractivity contribution is 5.98. The van der Waals surface area contributed by atoms with Gasteiger partial charge in [0.2, 0.25) is 5.91 Å². The standard InChI is InChI=1S/C14H17N3O2/c1-9-15-11-7-10(3-4-12(11)17(9)2)16-13(19)14(8-18)5-6-14/h3-4,7,18H,5-6,8H2,1-2H3,(H,16,19). The summed E-state index contributed by atoms with van der Waals surface area (Å²) in [5.74, 6) is 0.842. The number of carbonyl (C=O) groups excluding carboxylic acids is 1. The molecule has 5 nitrogen and oxygen atoms in total. The van der Waals surface area contributed by atoms with Gasteiger partial charge in [-0.05, 0) is 38.0 Å². The first-order valence-electron chi connectivity index (χ1n) is 6.41. The molecule has 5 heteroatoms. The molecule has 1 aromatic carbocycles. The normalized spacial score (nSPS) is 16.6. The molecular weight excluding hydrogens is 242 g/mol. The molecule has 0 unspecified atom stereocenters. The molecule has 1 heterocycles. The van der Waals surface area contributed by atoms with Gasteiger partial charge in [0.05, 0.1) is 23.1 Å². The van der Waals surface area contributed by atoms with Gasteiger partial charge < -0.3 is 15.0 Å². The Balaban J connectivity index is 1.88. The first-order valence-corrected chi connectivity index (χ1v) is 6.41. The number of aryl methyl sites for hydroxylation is 2. The summed E-state index contributed by atoms with van der Waals surface area (Å²) in [5.41, 5.74) is 2.09. The SMILES string of the molecule is Cc1nc2cc(NC(=O)C3(CO)CC3)ccc2n1C. The molecule has 0 bridgehead atoms. The molecule has 1 aliphatic carbocycles. The van der Waals surface area contributed by atoms with E-state index in [-0.39, 0.29) is 12.5 Å². The topological polar surface area (TPSA) is 67.2 Å². The minimum absolute atomic E-state index is 0.0796. The number of hydrogen-bond acceptors (Lipinski definition) is 3. The first kappa shape index (κ1) is 12.2. The first-order chi connectivity index (χ1) is 9.05. The number of anilines is 1. The summed E-state index contributed by atoms with van der Waals surface area (Å²) in [7, 11) is 1.97. The van der Waals surface area contributed by atoms with Crippen molar-refractivity contribution in [1.82, 2.24) is 9.55 Å². The Hall–Kier alpha value is -1.88. The number of aliphatic hydroxyl groups is 1. The Morgan fingerprint density at radius 3 is 2.89 bits per heavy atom. The Bertz CT molecular complexity index is 656. The monoisotopic (exact) mass is 259 g/mol. The van der Waals surface area contributed by atoms with Crippen LogP contribution in [-0.2, 0) is 11.8 Å². The molecule has 1 aromatic heterocycles. The molecule has 3 rings (SSSR count). The molecule has 0 atom stereocenters. The summed E-state index contributed by atoms with van der Waals surface area (Å²) in [6, 6.07) is 5.69. The van der Waals surface area contributed by atoms with E-state index in [2.05, 4.69) is 10.3 Å². The zero-order valence-corrected chi connectivity index (χ0v) is 11.1. The van der Waals surface area contributed by atoms with Gasteiger partial charge in [0.15, 0.2) is 0 Å². The van der Waals surface area contributed by atoms with E-state index in [1.165, 1.54) is 0 Å². The van der Waals surface area contributed by atoms with Crippen LogP contribution in [0, 0.1) is 12.3 Å². The number of fused-ring (bicyclic) bond motifs is 1. The largest absolute Gasteiger partial charge is 0.395 e. The van der Waals surface area contributed by atoms with Crippen molar-refractivity contribution in [2.24, 2.45) is 12.5 Å². The lowest BCUT2D eigenvalue weighted by Gasteiger charge is -2.12. The molecule has 1 aliphatic rings. The number of aromatic nitrogens is 2. The Morgan fingerprint density at radius 2 is 2.26 bits per heavy atom. The number of amides is 1. The van der Waals surface area contributed by atoms with Gasteiger partial charge in [0.25, 0.3) is 0 Å². The van der Waals surface area contributed by atoms with Gasteiger partial charge in [-0.1, -0.05) is 0 Å². The average Bonchev–Trinajstić information content (AvgIpc) is 3.14. The van der Waals surface area contributed by atoms with Gasteiger partial charge in [-0.25, -0.2) is 4.98 Å². The lowest BCUT2D eigenvalue weighted by atomic mass is 10.1. The van der Waals surface area contributed by atoms with Crippen molar-refractivity contribution in [3.8, 4) is 0 Å². The number of benzene rings is 1. The molecule has 0 aliphatic heterocycles. The summed E-state index contributed by atoms with van der Waals surface area (Å²) in [4.78, 5) is 16.5. The third kappa shape index (κ3) is 1.90. The molecule has 1 fully saturated rings. The third-order valence-electron chi connectivity index (χ3n) is 4.00. The number of imidazole rings is 1. The van der Waals surface area contributed by atoms with Gasteiger partial charge in [-0.15, -0.1) is 0 Å². The van der Waals surface area contributed by atoms with Gasteiger partial charge in [0.1, 0.15) is 5.82 Å². The second-order valence-electron chi connectivity index (χ2n) is 5.31. The predicted octanol–water partition coefficient (Wildman–Crippen LogP) is 1.59. The van der Waals surface area contributed by atoms with Crippen LogP contribution in [0.5, 0.6) is 0 Å². The van der Waals surface area contributed by atoms with Crippen LogP contribution in [-0.4, -0.2) is 27.2 Å². The second-order valence-corrected chi connectivity index (χ2v) is 5.31. The Labute approximate surface area is 111 Å². The van der Waals surface area contributed by atoms with E-state index in [1.807, 2.05) is 36.7 Å². The summed E-state index contributed by atoms with van der Waals surface area (Å²) < 4.78 is 2.01. The second kappa shape index (κ2) is 4.06. The Kier molecular flexibility index (Phi) is 2.60. The van der Waals surface area contributed by atoms with Gasteiger partial charge in [-0.3, -0.25) is 4.79 Å². The lowest BCUT2D eigenvalue weighted by Crippen LogP contribution is -2.27. The molecule has 2 N–H and O–H groups in total. The highest BCUT2D eigenvalue weighted by atomic mass is 16.3. The summed E-state index contributed by atoms with van der Waals surface area (Å²) in [6.07, 6.45) is 1.53. The zero-order chi connectivity index (χ0) is 13.6. The fraction of sp³-hybridized carbons (Fsp3) is 0.429. The van der Waals surface area contributed by atoms with Crippen LogP contribution in [0.25, 0.3) is 11.0 Å². The van der Waals surface area contributed by atoms with E-state index in [0.717, 1.165) is 35.4 Å². The lowest BCUT2D eigenvalue weighted by molar-refractivity contribution is -0.122. The van der Waals surface area contributed by atoms with Crippen LogP contribution in [0.2, 0.25) is 0 Å². The quantitative estimate of drug-likeness (QED) is 0.879. The van der Waals surface area contributed by atoms with Crippen molar-refractivity contribution in [2.75, 3.05) is 11.9 Å². The third-order valence-corrected chi connectivity index (χ3v) is 4.00. The van der Waals surface area contributed by atoms with Crippen LogP contribution in [0.4, 0.5) is 5.69 Å². The minimum Gasteiger partial charge on any atom is -0.395 e. The van der Waals surface area contributed by atoms with Crippen LogP contribution < -0.4 is 5.32 Å². The highest BCUT2D eigenvalue weighted by Crippen LogP contribution is 2.45. The summed E-state index contributed by atoms with van der Waals surface area (Å²) >= 11 is 0. The molecule has 19 heavy (non-hydrogen) atoms. The van der Waals surface area contributed by atoms with Gasteiger partial charge in [-0.2, -0.15) is 0 Å². The maximum absolute atomic E-state index is 12.0. The molecule has 0 spiro atoms. The van der Waals surface area contributed by atoms with Crippen LogP contribution >= 0.6 is 0 Å². The smallest absolute Gasteiger partial charge is 0.232 e. The van der Waals surface area contributed by atoms with Crippen LogP contribution in [0.3, 0.4) is 0 Å². The molecular formula is C14H17N3O2. The Morgan fingerprint density at radius 1 is 1.53 bits per heavy atom. The highest BCUT2D eigenvalue weighted by Gasteiger charge is 2.49. The van der Waals surface area contributed by atoms with E-state index >= 15 is 0 Å². The number of aliphatic hydroxyl groups excluding tert-OH is 1. The molecule has 2 aromatic rings. The van der Waals surface area contributed by atoms with Crippen molar-refractivity contribution < 1.29 is 9.90 Å². The fourth-order valence-electron chi connectivity index (χ4n) is 2.27. The van der Waals surface area contributed by atoms with Gasteiger partial charge >= 0.3 is 0 Å². The summed E-state index contributed by atoms with van der Waals surface area (Å²) in [5, 5.41) is 12.1. The summed E-state index contributed by atoms with van der Waals surface area (Å²) in [6.45, 7) is 1.87. The number of carbonyl (C=O) groups is 1. The maximum atomic E-state index is 12.0. The number of hydrogen-bond donors (Lipinski definition) is 2. The number of rotatable bonds is 3. The van der Waals surface area contributed by atoms with Crippen molar-refractivity contribution in [2.45, 2.75) is 19.8 Å². The minimum atomic E-state index is -0.547. The van der Waals surface area contributed by atoms with Crippen LogP contribution in [0.15, 0.2) is 18.2 Å². The fourth-order valence-corrected chi connectivity index (χ4v) is 2.27. The molecule has 1 saturated carbocycles. The van der Waals surface area contributed by atoms with E-state index in [9.17, 15) is 9.90 Å². The van der Waals surface area contributed by atoms with E-state index in [4.69, 9.17) is 0 Å².